The number of nitrogens with two attached hydrogens (primary N) is 1. The van der Waals surface area contributed by atoms with Gasteiger partial charge >= 0.3 is 6.18 Å². The molecule has 3 N–H and O–H groups in total. The molecule has 1 aromatic heterocycles. The Bertz CT molecular complexity index is 691. The molecule has 1 heterocycles. The monoisotopic (exact) mass is 314 g/mol. The molecular weight excluding hydrogens is 301 g/mol. The Hall–Kier alpha value is -2.09. The van der Waals surface area contributed by atoms with Gasteiger partial charge in [-0.3, -0.25) is 4.68 Å². The largest absolute Gasteiger partial charge is 0.416 e. The summed E-state index contributed by atoms with van der Waals surface area (Å²) in [5.74, 6) is 0. The molecule has 21 heavy (non-hydrogen) atoms. The average molecular weight is 314 g/mol. The summed E-state index contributed by atoms with van der Waals surface area (Å²) >= 11 is 4.84. The molecule has 0 radical (unpaired) electrons. The first-order valence-corrected chi connectivity index (χ1v) is 6.37. The summed E-state index contributed by atoms with van der Waals surface area (Å²) in [6.45, 7) is 1.78. The Morgan fingerprint density at radius 2 is 2.00 bits per heavy atom. The van der Waals surface area contributed by atoms with Crippen molar-refractivity contribution in [3.8, 4) is 0 Å². The molecule has 0 aliphatic heterocycles. The molecule has 0 bridgehead atoms. The third-order valence-corrected chi connectivity index (χ3v) is 3.12. The van der Waals surface area contributed by atoms with Gasteiger partial charge in [-0.05, 0) is 25.1 Å². The number of nitrogens with zero attached hydrogens (tertiary/aromatic N) is 2. The van der Waals surface area contributed by atoms with Crippen LogP contribution in [0.3, 0.4) is 0 Å². The molecule has 0 aliphatic rings. The zero-order valence-corrected chi connectivity index (χ0v) is 12.1. The minimum atomic E-state index is -4.44. The van der Waals surface area contributed by atoms with Crippen LogP contribution in [0.25, 0.3) is 0 Å². The quantitative estimate of drug-likeness (QED) is 0.855. The van der Waals surface area contributed by atoms with Gasteiger partial charge in [-0.25, -0.2) is 0 Å². The molecule has 1 aromatic carbocycles. The van der Waals surface area contributed by atoms with E-state index in [0.29, 0.717) is 17.1 Å². The predicted molar refractivity (Wildman–Crippen MR) is 78.6 cm³/mol. The van der Waals surface area contributed by atoms with Crippen LogP contribution in [0.4, 0.5) is 24.5 Å². The third kappa shape index (κ3) is 3.33. The van der Waals surface area contributed by atoms with Crippen molar-refractivity contribution in [1.29, 1.82) is 0 Å². The van der Waals surface area contributed by atoms with Crippen LogP contribution in [0.2, 0.25) is 0 Å². The van der Waals surface area contributed by atoms with Gasteiger partial charge in [-0.1, -0.05) is 12.2 Å². The number of hydrogen-bond acceptors (Lipinski definition) is 3. The number of aryl methyl sites for hydroxylation is 2. The van der Waals surface area contributed by atoms with Gasteiger partial charge in [0, 0.05) is 24.5 Å². The van der Waals surface area contributed by atoms with Crippen molar-refractivity contribution < 1.29 is 13.2 Å². The number of alkyl halides is 3. The summed E-state index contributed by atoms with van der Waals surface area (Å²) in [5.41, 5.74) is 6.67. The topological polar surface area (TPSA) is 55.9 Å². The Morgan fingerprint density at radius 3 is 2.48 bits per heavy atom. The van der Waals surface area contributed by atoms with Crippen molar-refractivity contribution >= 4 is 28.6 Å². The Morgan fingerprint density at radius 1 is 1.33 bits per heavy atom. The summed E-state index contributed by atoms with van der Waals surface area (Å²) in [6, 6.07) is 3.23. The van der Waals surface area contributed by atoms with Crippen molar-refractivity contribution in [1.82, 2.24) is 9.78 Å². The van der Waals surface area contributed by atoms with Crippen molar-refractivity contribution in [2.24, 2.45) is 12.8 Å². The van der Waals surface area contributed by atoms with Gasteiger partial charge in [0.05, 0.1) is 16.9 Å². The highest BCUT2D eigenvalue weighted by Gasteiger charge is 2.31. The van der Waals surface area contributed by atoms with Crippen molar-refractivity contribution in [2.45, 2.75) is 13.1 Å². The number of thiocarbonyl (C=S) groups is 1. The first-order chi connectivity index (χ1) is 9.68. The summed E-state index contributed by atoms with van der Waals surface area (Å²) in [4.78, 5) is -0.106. The van der Waals surface area contributed by atoms with Crippen LogP contribution in [0, 0.1) is 6.92 Å². The molecule has 0 saturated heterocycles. The van der Waals surface area contributed by atoms with Gasteiger partial charge in [0.2, 0.25) is 0 Å². The van der Waals surface area contributed by atoms with Gasteiger partial charge in [0.15, 0.2) is 0 Å². The summed E-state index contributed by atoms with van der Waals surface area (Å²) in [6.07, 6.45) is -2.72. The fraction of sp³-hybridized carbons (Fsp3) is 0.231. The number of halogens is 3. The van der Waals surface area contributed by atoms with E-state index in [-0.39, 0.29) is 10.6 Å². The van der Waals surface area contributed by atoms with Crippen LogP contribution in [0.5, 0.6) is 0 Å². The van der Waals surface area contributed by atoms with E-state index < -0.39 is 11.7 Å². The zero-order chi connectivity index (χ0) is 15.8. The maximum Gasteiger partial charge on any atom is 0.416 e. The first kappa shape index (κ1) is 15.3. The molecule has 0 saturated carbocycles. The van der Waals surface area contributed by atoms with E-state index in [2.05, 4.69) is 10.4 Å². The predicted octanol–water partition coefficient (Wildman–Crippen LogP) is 3.13. The minimum absolute atomic E-state index is 0.106. The second kappa shape index (κ2) is 5.36. The smallest absolute Gasteiger partial charge is 0.389 e. The Labute approximate surface area is 124 Å². The summed E-state index contributed by atoms with van der Waals surface area (Å²) in [7, 11) is 1.75. The Balaban J connectivity index is 2.44. The highest BCUT2D eigenvalue weighted by molar-refractivity contribution is 7.80. The van der Waals surface area contributed by atoms with Crippen LogP contribution in [-0.2, 0) is 13.2 Å². The normalized spacial score (nSPS) is 11.5. The van der Waals surface area contributed by atoms with Crippen molar-refractivity contribution in [3.63, 3.8) is 0 Å². The van der Waals surface area contributed by atoms with Crippen LogP contribution in [-0.4, -0.2) is 14.8 Å². The number of anilines is 2. The molecule has 0 amide bonds. The molecule has 2 rings (SSSR count). The molecule has 4 nitrogen and oxygen atoms in total. The van der Waals surface area contributed by atoms with E-state index in [1.165, 1.54) is 6.07 Å². The van der Waals surface area contributed by atoms with Crippen molar-refractivity contribution in [2.75, 3.05) is 5.32 Å². The highest BCUT2D eigenvalue weighted by atomic mass is 32.1. The fourth-order valence-corrected chi connectivity index (χ4v) is 2.07. The molecule has 0 spiro atoms. The van der Waals surface area contributed by atoms with Crippen LogP contribution >= 0.6 is 12.2 Å². The van der Waals surface area contributed by atoms with Gasteiger partial charge in [0.25, 0.3) is 0 Å². The van der Waals surface area contributed by atoms with Gasteiger partial charge in [-0.2, -0.15) is 18.3 Å². The molecular formula is C13H13F3N4S. The SMILES string of the molecule is Cc1nn(C)cc1Nc1ccc(C(F)(F)F)cc1C(N)=S. The number of hydrogen-bond donors (Lipinski definition) is 2. The van der Waals surface area contributed by atoms with Crippen LogP contribution in [0.1, 0.15) is 16.8 Å². The molecule has 2 aromatic rings. The lowest BCUT2D eigenvalue weighted by atomic mass is 10.1. The lowest BCUT2D eigenvalue weighted by Crippen LogP contribution is -2.14. The van der Waals surface area contributed by atoms with Gasteiger partial charge < -0.3 is 11.1 Å². The molecule has 0 unspecified atom stereocenters. The second-order valence-electron chi connectivity index (χ2n) is 4.55. The van der Waals surface area contributed by atoms with Gasteiger partial charge in [-0.15, -0.1) is 0 Å². The standard InChI is InChI=1S/C13H13F3N4S/c1-7-11(6-20(2)19-7)18-10-4-3-8(13(14,15)16)5-9(10)12(17)21/h3-6,18H,1-2H3,(H2,17,21). The lowest BCUT2D eigenvalue weighted by molar-refractivity contribution is -0.137. The lowest BCUT2D eigenvalue weighted by Gasteiger charge is -2.14. The maximum atomic E-state index is 12.7. The number of benzene rings is 1. The average Bonchev–Trinajstić information content (AvgIpc) is 2.66. The number of nitrogens with one attached hydrogen (secondary N) is 1. The number of aromatic nitrogens is 2. The highest BCUT2D eigenvalue weighted by Crippen LogP contribution is 2.33. The fourth-order valence-electron chi connectivity index (χ4n) is 1.90. The van der Waals surface area contributed by atoms with Crippen molar-refractivity contribution in [3.05, 3.63) is 41.2 Å². The minimum Gasteiger partial charge on any atom is -0.389 e. The zero-order valence-electron chi connectivity index (χ0n) is 11.3. The maximum absolute atomic E-state index is 12.7. The number of rotatable bonds is 3. The van der Waals surface area contributed by atoms with Gasteiger partial charge in [0.1, 0.15) is 4.99 Å². The summed E-state index contributed by atoms with van der Waals surface area (Å²) in [5, 5.41) is 7.15. The van der Waals surface area contributed by atoms with E-state index in [0.717, 1.165) is 12.1 Å². The molecule has 0 atom stereocenters. The Kier molecular flexibility index (Phi) is 3.91. The van der Waals surface area contributed by atoms with E-state index in [9.17, 15) is 13.2 Å². The molecule has 8 heteroatoms. The first-order valence-electron chi connectivity index (χ1n) is 5.97. The second-order valence-corrected chi connectivity index (χ2v) is 4.99. The third-order valence-electron chi connectivity index (χ3n) is 2.90. The van der Waals surface area contributed by atoms with Crippen LogP contribution in [0.15, 0.2) is 24.4 Å². The van der Waals surface area contributed by atoms with E-state index in [1.807, 2.05) is 0 Å². The van der Waals surface area contributed by atoms with E-state index in [1.54, 1.807) is 24.9 Å². The molecule has 0 fully saturated rings. The molecule has 0 aliphatic carbocycles. The van der Waals surface area contributed by atoms with E-state index in [4.69, 9.17) is 18.0 Å². The summed E-state index contributed by atoms with van der Waals surface area (Å²) < 4.78 is 39.8. The van der Waals surface area contributed by atoms with Crippen LogP contribution < -0.4 is 11.1 Å². The van der Waals surface area contributed by atoms with E-state index >= 15 is 0 Å². The molecule has 112 valence electrons.